The molecular formula is C36H26. The van der Waals surface area contributed by atoms with Crippen LogP contribution in [0, 0.1) is 47.4 Å². The summed E-state index contributed by atoms with van der Waals surface area (Å²) < 4.78 is 0. The number of hydrogen-bond donors (Lipinski definition) is 0. The molecule has 0 saturated heterocycles. The first kappa shape index (κ1) is 24.2. The van der Waals surface area contributed by atoms with Crippen molar-refractivity contribution in [3.63, 3.8) is 0 Å². The van der Waals surface area contributed by atoms with Gasteiger partial charge in [-0.3, -0.25) is 0 Å². The summed E-state index contributed by atoms with van der Waals surface area (Å²) in [7, 11) is 0. The fourth-order valence-electron chi connectivity index (χ4n) is 3.35. The SMILES string of the molecule is C(#CC(C#CC(C#Cc1ccccc1)/C=C/c1ccccc1)/C=C/c1ccccc1)c1ccccc1. The highest BCUT2D eigenvalue weighted by Crippen LogP contribution is 2.09. The predicted octanol–water partition coefficient (Wildman–Crippen LogP) is 7.75. The Morgan fingerprint density at radius 1 is 0.389 bits per heavy atom. The molecule has 0 fully saturated rings. The van der Waals surface area contributed by atoms with Gasteiger partial charge >= 0.3 is 0 Å². The quantitative estimate of drug-likeness (QED) is 0.274. The Labute approximate surface area is 215 Å². The van der Waals surface area contributed by atoms with E-state index in [1.165, 1.54) is 0 Å². The topological polar surface area (TPSA) is 0 Å². The van der Waals surface area contributed by atoms with Gasteiger partial charge in [-0.15, -0.1) is 0 Å². The molecule has 170 valence electrons. The fourth-order valence-corrected chi connectivity index (χ4v) is 3.35. The average Bonchev–Trinajstić information content (AvgIpc) is 2.95. The predicted molar refractivity (Wildman–Crippen MR) is 152 cm³/mol. The van der Waals surface area contributed by atoms with Crippen molar-refractivity contribution in [1.82, 2.24) is 0 Å². The minimum absolute atomic E-state index is 0.225. The largest absolute Gasteiger partial charge is 0.0999 e. The van der Waals surface area contributed by atoms with Gasteiger partial charge in [-0.25, -0.2) is 0 Å². The van der Waals surface area contributed by atoms with Gasteiger partial charge in [0.05, 0.1) is 11.8 Å². The molecule has 4 aromatic carbocycles. The van der Waals surface area contributed by atoms with E-state index in [0.29, 0.717) is 0 Å². The Bertz CT molecular complexity index is 1340. The Hall–Kier alpha value is -4.96. The maximum atomic E-state index is 3.37. The van der Waals surface area contributed by atoms with Crippen LogP contribution in [-0.2, 0) is 0 Å². The van der Waals surface area contributed by atoms with Gasteiger partial charge in [0.15, 0.2) is 0 Å². The molecule has 4 rings (SSSR count). The summed E-state index contributed by atoms with van der Waals surface area (Å²) in [5, 5.41) is 0. The maximum Gasteiger partial charge on any atom is 0.0999 e. The molecule has 36 heavy (non-hydrogen) atoms. The van der Waals surface area contributed by atoms with E-state index in [4.69, 9.17) is 0 Å². The summed E-state index contributed by atoms with van der Waals surface area (Å²) in [6.45, 7) is 0. The van der Waals surface area contributed by atoms with Crippen LogP contribution in [0.25, 0.3) is 12.2 Å². The monoisotopic (exact) mass is 458 g/mol. The highest BCUT2D eigenvalue weighted by atomic mass is 14.0. The average molecular weight is 459 g/mol. The lowest BCUT2D eigenvalue weighted by molar-refractivity contribution is 1.13. The maximum absolute atomic E-state index is 3.37. The third kappa shape index (κ3) is 8.43. The Morgan fingerprint density at radius 2 is 0.722 bits per heavy atom. The summed E-state index contributed by atoms with van der Waals surface area (Å²) in [5.41, 5.74) is 4.19. The Kier molecular flexibility index (Phi) is 9.18. The smallest absolute Gasteiger partial charge is 0.0808 e. The summed E-state index contributed by atoms with van der Waals surface area (Å²) in [4.78, 5) is 0. The van der Waals surface area contributed by atoms with Crippen molar-refractivity contribution in [2.45, 2.75) is 0 Å². The molecule has 0 saturated carbocycles. The molecule has 0 nitrogen and oxygen atoms in total. The van der Waals surface area contributed by atoms with Crippen molar-refractivity contribution in [3.8, 4) is 35.5 Å². The van der Waals surface area contributed by atoms with Gasteiger partial charge in [0, 0.05) is 11.1 Å². The molecule has 0 aliphatic heterocycles. The Balaban J connectivity index is 1.64. The molecule has 2 atom stereocenters. The van der Waals surface area contributed by atoms with Gasteiger partial charge in [-0.2, -0.15) is 0 Å². The minimum Gasteiger partial charge on any atom is -0.0808 e. The minimum atomic E-state index is -0.225. The van der Waals surface area contributed by atoms with Gasteiger partial charge in [-0.05, 0) is 35.4 Å². The molecule has 2 unspecified atom stereocenters. The van der Waals surface area contributed by atoms with E-state index < -0.39 is 0 Å². The molecule has 0 bridgehead atoms. The molecule has 0 amide bonds. The zero-order chi connectivity index (χ0) is 24.7. The first-order valence-corrected chi connectivity index (χ1v) is 12.0. The summed E-state index contributed by atoms with van der Waals surface area (Å²) in [6.07, 6.45) is 8.26. The van der Waals surface area contributed by atoms with E-state index in [1.54, 1.807) is 0 Å². The number of allylic oxidation sites excluding steroid dienone is 2. The van der Waals surface area contributed by atoms with Crippen LogP contribution in [0.3, 0.4) is 0 Å². The van der Waals surface area contributed by atoms with Crippen molar-refractivity contribution in [1.29, 1.82) is 0 Å². The van der Waals surface area contributed by atoms with Gasteiger partial charge < -0.3 is 0 Å². The van der Waals surface area contributed by atoms with Crippen molar-refractivity contribution < 1.29 is 0 Å². The van der Waals surface area contributed by atoms with Gasteiger partial charge in [0.2, 0.25) is 0 Å². The van der Waals surface area contributed by atoms with Gasteiger partial charge in [0.1, 0.15) is 0 Å². The molecule has 0 spiro atoms. The number of benzene rings is 4. The summed E-state index contributed by atoms with van der Waals surface area (Å²) >= 11 is 0. The molecule has 0 heterocycles. The summed E-state index contributed by atoms with van der Waals surface area (Å²) in [5.74, 6) is 19.5. The second kappa shape index (κ2) is 13.7. The Morgan fingerprint density at radius 3 is 1.08 bits per heavy atom. The molecule has 0 radical (unpaired) electrons. The normalized spacial score (nSPS) is 11.9. The van der Waals surface area contributed by atoms with Crippen LogP contribution in [0.1, 0.15) is 22.3 Å². The lowest BCUT2D eigenvalue weighted by Gasteiger charge is -1.99. The second-order valence-corrected chi connectivity index (χ2v) is 8.05. The molecule has 0 heteroatoms. The van der Waals surface area contributed by atoms with Crippen LogP contribution in [-0.4, -0.2) is 0 Å². The van der Waals surface area contributed by atoms with Crippen molar-refractivity contribution in [2.75, 3.05) is 0 Å². The van der Waals surface area contributed by atoms with E-state index in [0.717, 1.165) is 22.3 Å². The van der Waals surface area contributed by atoms with Gasteiger partial charge in [0.25, 0.3) is 0 Å². The highest BCUT2D eigenvalue weighted by molar-refractivity contribution is 5.54. The van der Waals surface area contributed by atoms with Crippen LogP contribution < -0.4 is 0 Å². The van der Waals surface area contributed by atoms with Gasteiger partial charge in [-0.1, -0.05) is 157 Å². The van der Waals surface area contributed by atoms with Crippen molar-refractivity contribution >= 4 is 12.2 Å². The van der Waals surface area contributed by atoms with Crippen LogP contribution >= 0.6 is 0 Å². The van der Waals surface area contributed by atoms with Crippen LogP contribution in [0.5, 0.6) is 0 Å². The second-order valence-electron chi connectivity index (χ2n) is 8.05. The first-order valence-electron chi connectivity index (χ1n) is 12.0. The first-order chi connectivity index (χ1) is 17.8. The van der Waals surface area contributed by atoms with Crippen LogP contribution in [0.2, 0.25) is 0 Å². The van der Waals surface area contributed by atoms with E-state index in [9.17, 15) is 0 Å². The van der Waals surface area contributed by atoms with E-state index >= 15 is 0 Å². The number of hydrogen-bond acceptors (Lipinski definition) is 0. The van der Waals surface area contributed by atoms with Crippen molar-refractivity contribution in [2.24, 2.45) is 11.8 Å². The van der Waals surface area contributed by atoms with E-state index in [1.807, 2.05) is 97.1 Å². The van der Waals surface area contributed by atoms with Crippen molar-refractivity contribution in [3.05, 3.63) is 156 Å². The number of rotatable bonds is 4. The lowest BCUT2D eigenvalue weighted by Crippen LogP contribution is -1.93. The lowest BCUT2D eigenvalue weighted by atomic mass is 10.0. The van der Waals surface area contributed by atoms with E-state index in [2.05, 4.69) is 84.1 Å². The molecular weight excluding hydrogens is 432 g/mol. The highest BCUT2D eigenvalue weighted by Gasteiger charge is 1.99. The fraction of sp³-hybridized carbons (Fsp3) is 0.0556. The molecule has 0 N–H and O–H groups in total. The standard InChI is InChI=1S/C36H26/c1-5-13-31(14-6-1)21-25-35(26-22-32-15-7-2-8-16-32)29-30-36(27-23-33-17-9-3-10-18-33)28-24-34-19-11-4-12-20-34/h1-21,23,25,27,35-36H/b25-21+,27-23+. The molecule has 0 aliphatic rings. The van der Waals surface area contributed by atoms with Crippen LogP contribution in [0.15, 0.2) is 133 Å². The molecule has 0 aliphatic carbocycles. The van der Waals surface area contributed by atoms with Crippen LogP contribution in [0.4, 0.5) is 0 Å². The molecule has 0 aromatic heterocycles. The van der Waals surface area contributed by atoms with E-state index in [-0.39, 0.29) is 11.8 Å². The zero-order valence-corrected chi connectivity index (χ0v) is 20.0. The third-order valence-electron chi connectivity index (χ3n) is 5.25. The summed E-state index contributed by atoms with van der Waals surface area (Å²) in [6, 6.07) is 40.4. The molecule has 4 aromatic rings. The zero-order valence-electron chi connectivity index (χ0n) is 20.0. The third-order valence-corrected chi connectivity index (χ3v) is 5.25.